The van der Waals surface area contributed by atoms with E-state index in [-0.39, 0.29) is 5.75 Å². The van der Waals surface area contributed by atoms with Crippen LogP contribution in [-0.4, -0.2) is 14.7 Å². The number of aromatic hydroxyl groups is 1. The second-order valence-electron chi connectivity index (χ2n) is 5.78. The Hall–Kier alpha value is -3.60. The molecule has 5 heteroatoms. The van der Waals surface area contributed by atoms with Gasteiger partial charge < -0.3 is 5.11 Å². The molecule has 0 bridgehead atoms. The standard InChI is InChI=1S/C20H14N2O3/c23-18-7-6-15-10-14(4-5-16(15)12-18)13-2-1-3-17(11-13)22-9-8-19(24)21-20(22)25/h1-12,23H,(H,21,24,25). The van der Waals surface area contributed by atoms with Crippen molar-refractivity contribution in [3.63, 3.8) is 0 Å². The quantitative estimate of drug-likeness (QED) is 0.593. The minimum absolute atomic E-state index is 0.236. The summed E-state index contributed by atoms with van der Waals surface area (Å²) in [5, 5.41) is 11.5. The second kappa shape index (κ2) is 5.79. The molecule has 3 aromatic carbocycles. The van der Waals surface area contributed by atoms with Crippen LogP contribution >= 0.6 is 0 Å². The summed E-state index contributed by atoms with van der Waals surface area (Å²) in [5.74, 6) is 0.236. The fourth-order valence-corrected chi connectivity index (χ4v) is 2.87. The van der Waals surface area contributed by atoms with Crippen molar-refractivity contribution in [2.24, 2.45) is 0 Å². The van der Waals surface area contributed by atoms with Crippen molar-refractivity contribution >= 4 is 10.8 Å². The third-order valence-electron chi connectivity index (χ3n) is 4.11. The molecule has 2 N–H and O–H groups in total. The zero-order valence-corrected chi connectivity index (χ0v) is 13.1. The molecule has 5 nitrogen and oxygen atoms in total. The third-order valence-corrected chi connectivity index (χ3v) is 4.11. The number of phenolic OH excluding ortho intramolecular Hbond substituents is 1. The fraction of sp³-hybridized carbons (Fsp3) is 0. The molecule has 4 rings (SSSR count). The Morgan fingerprint density at radius 2 is 1.56 bits per heavy atom. The first-order chi connectivity index (χ1) is 12.1. The van der Waals surface area contributed by atoms with E-state index in [0.717, 1.165) is 21.9 Å². The fourth-order valence-electron chi connectivity index (χ4n) is 2.87. The van der Waals surface area contributed by atoms with Crippen molar-refractivity contribution in [1.29, 1.82) is 0 Å². The molecule has 4 aromatic rings. The summed E-state index contributed by atoms with van der Waals surface area (Å²) in [4.78, 5) is 25.5. The summed E-state index contributed by atoms with van der Waals surface area (Å²) in [5.41, 5.74) is 1.72. The van der Waals surface area contributed by atoms with Gasteiger partial charge in [0.2, 0.25) is 0 Å². The highest BCUT2D eigenvalue weighted by Crippen LogP contribution is 2.27. The molecule has 0 spiro atoms. The molecule has 0 amide bonds. The van der Waals surface area contributed by atoms with Crippen LogP contribution in [0.1, 0.15) is 0 Å². The Bertz CT molecular complexity index is 1210. The van der Waals surface area contributed by atoms with Crippen LogP contribution in [0.4, 0.5) is 0 Å². The van der Waals surface area contributed by atoms with Gasteiger partial charge in [0.05, 0.1) is 5.69 Å². The smallest absolute Gasteiger partial charge is 0.332 e. The number of H-pyrrole nitrogens is 1. The Balaban J connectivity index is 1.83. The maximum absolute atomic E-state index is 12.0. The highest BCUT2D eigenvalue weighted by Gasteiger charge is 2.05. The van der Waals surface area contributed by atoms with E-state index in [1.54, 1.807) is 12.1 Å². The van der Waals surface area contributed by atoms with Gasteiger partial charge in [0.1, 0.15) is 5.75 Å². The molecule has 1 heterocycles. The van der Waals surface area contributed by atoms with Gasteiger partial charge in [0.25, 0.3) is 5.56 Å². The maximum Gasteiger partial charge on any atom is 0.332 e. The number of fused-ring (bicyclic) bond motifs is 1. The van der Waals surface area contributed by atoms with E-state index in [1.165, 1.54) is 16.8 Å². The molecule has 0 fully saturated rings. The Labute approximate surface area is 142 Å². The lowest BCUT2D eigenvalue weighted by atomic mass is 10.0. The molecule has 25 heavy (non-hydrogen) atoms. The van der Waals surface area contributed by atoms with Crippen LogP contribution in [-0.2, 0) is 0 Å². The highest BCUT2D eigenvalue weighted by atomic mass is 16.3. The molecule has 0 saturated carbocycles. The number of nitrogens with zero attached hydrogens (tertiary/aromatic N) is 1. The monoisotopic (exact) mass is 330 g/mol. The highest BCUT2D eigenvalue weighted by molar-refractivity contribution is 5.88. The average Bonchev–Trinajstić information content (AvgIpc) is 2.61. The van der Waals surface area contributed by atoms with Crippen LogP contribution in [0.3, 0.4) is 0 Å². The largest absolute Gasteiger partial charge is 0.508 e. The van der Waals surface area contributed by atoms with Crippen LogP contribution in [0.2, 0.25) is 0 Å². The first-order valence-electron chi connectivity index (χ1n) is 7.76. The molecule has 122 valence electrons. The summed E-state index contributed by atoms with van der Waals surface area (Å²) < 4.78 is 1.39. The number of hydrogen-bond acceptors (Lipinski definition) is 3. The van der Waals surface area contributed by atoms with Crippen molar-refractivity contribution in [2.75, 3.05) is 0 Å². The van der Waals surface area contributed by atoms with Crippen molar-refractivity contribution < 1.29 is 5.11 Å². The third kappa shape index (κ3) is 2.83. The van der Waals surface area contributed by atoms with E-state index in [4.69, 9.17) is 0 Å². The number of aromatic amines is 1. The van der Waals surface area contributed by atoms with Gasteiger partial charge in [-0.2, -0.15) is 0 Å². The summed E-state index contributed by atoms with van der Waals surface area (Å²) in [6, 6.07) is 20.0. The maximum atomic E-state index is 12.0. The van der Waals surface area contributed by atoms with Gasteiger partial charge in [-0.1, -0.05) is 30.3 Å². The van der Waals surface area contributed by atoms with Crippen LogP contribution in [0.25, 0.3) is 27.6 Å². The molecule has 0 saturated heterocycles. The van der Waals surface area contributed by atoms with Gasteiger partial charge in [-0.25, -0.2) is 4.79 Å². The SMILES string of the molecule is O=c1ccn(-c2cccc(-c3ccc4cc(O)ccc4c3)c2)c(=O)[nH]1. The zero-order chi connectivity index (χ0) is 17.4. The first-order valence-corrected chi connectivity index (χ1v) is 7.76. The van der Waals surface area contributed by atoms with E-state index in [0.29, 0.717) is 5.69 Å². The van der Waals surface area contributed by atoms with Crippen LogP contribution in [0.15, 0.2) is 82.5 Å². The summed E-state index contributed by atoms with van der Waals surface area (Å²) in [6.45, 7) is 0. The Morgan fingerprint density at radius 3 is 2.40 bits per heavy atom. The number of aromatic nitrogens is 2. The van der Waals surface area contributed by atoms with E-state index in [2.05, 4.69) is 4.98 Å². The normalized spacial score (nSPS) is 10.9. The van der Waals surface area contributed by atoms with Crippen molar-refractivity contribution in [3.8, 4) is 22.6 Å². The average molecular weight is 330 g/mol. The van der Waals surface area contributed by atoms with Gasteiger partial charge in [-0.15, -0.1) is 0 Å². The van der Waals surface area contributed by atoms with E-state index < -0.39 is 11.2 Å². The number of nitrogens with one attached hydrogen (secondary N) is 1. The summed E-state index contributed by atoms with van der Waals surface area (Å²) >= 11 is 0. The lowest BCUT2D eigenvalue weighted by Gasteiger charge is -2.09. The lowest BCUT2D eigenvalue weighted by molar-refractivity contribution is 0.476. The zero-order valence-electron chi connectivity index (χ0n) is 13.1. The number of hydrogen-bond donors (Lipinski definition) is 2. The predicted molar refractivity (Wildman–Crippen MR) is 97.3 cm³/mol. The first kappa shape index (κ1) is 15.0. The predicted octanol–water partition coefficient (Wildman–Crippen LogP) is 3.05. The van der Waals surface area contributed by atoms with Crippen LogP contribution in [0, 0.1) is 0 Å². The van der Waals surface area contributed by atoms with E-state index in [9.17, 15) is 14.7 Å². The molecule has 0 aliphatic rings. The molecule has 0 radical (unpaired) electrons. The summed E-state index contributed by atoms with van der Waals surface area (Å²) in [6.07, 6.45) is 1.46. The number of rotatable bonds is 2. The Kier molecular flexibility index (Phi) is 3.47. The van der Waals surface area contributed by atoms with Gasteiger partial charge >= 0.3 is 5.69 Å². The van der Waals surface area contributed by atoms with Crippen LogP contribution in [0.5, 0.6) is 5.75 Å². The van der Waals surface area contributed by atoms with Crippen molar-refractivity contribution in [1.82, 2.24) is 9.55 Å². The number of phenols is 1. The Morgan fingerprint density at radius 1 is 0.800 bits per heavy atom. The molecular formula is C20H14N2O3. The van der Waals surface area contributed by atoms with Crippen molar-refractivity contribution in [2.45, 2.75) is 0 Å². The minimum atomic E-state index is -0.473. The van der Waals surface area contributed by atoms with E-state index in [1.807, 2.05) is 48.5 Å². The van der Waals surface area contributed by atoms with Gasteiger partial charge in [0.15, 0.2) is 0 Å². The van der Waals surface area contributed by atoms with Crippen LogP contribution < -0.4 is 11.2 Å². The topological polar surface area (TPSA) is 75.1 Å². The van der Waals surface area contributed by atoms with E-state index >= 15 is 0 Å². The molecular weight excluding hydrogens is 316 g/mol. The molecule has 1 aromatic heterocycles. The minimum Gasteiger partial charge on any atom is -0.508 e. The van der Waals surface area contributed by atoms with Crippen molar-refractivity contribution in [3.05, 3.63) is 93.8 Å². The molecule has 0 unspecified atom stereocenters. The molecule has 0 aliphatic heterocycles. The summed E-state index contributed by atoms with van der Waals surface area (Å²) in [7, 11) is 0. The van der Waals surface area contributed by atoms with Gasteiger partial charge in [-0.05, 0) is 52.2 Å². The molecule has 0 aliphatic carbocycles. The second-order valence-corrected chi connectivity index (χ2v) is 5.78. The van der Waals surface area contributed by atoms with Gasteiger partial charge in [0, 0.05) is 12.3 Å². The number of benzene rings is 3. The van der Waals surface area contributed by atoms with Gasteiger partial charge in [-0.3, -0.25) is 14.3 Å². The lowest BCUT2D eigenvalue weighted by Crippen LogP contribution is -2.27. The molecule has 0 atom stereocenters.